The Kier molecular flexibility index (Phi) is 3.42. The van der Waals surface area contributed by atoms with E-state index in [1.54, 1.807) is 0 Å². The van der Waals surface area contributed by atoms with Crippen LogP contribution in [-0.2, 0) is 0 Å². The van der Waals surface area contributed by atoms with E-state index in [1.807, 2.05) is 0 Å². The first-order valence-electron chi connectivity index (χ1n) is 4.38. The normalized spacial score (nSPS) is 15.4. The quantitative estimate of drug-likeness (QED) is 0.834. The van der Waals surface area contributed by atoms with Crippen LogP contribution in [0.4, 0.5) is 26.3 Å². The van der Waals surface area contributed by atoms with Crippen LogP contribution in [0.1, 0.15) is 30.5 Å². The molecule has 0 amide bonds. The van der Waals surface area contributed by atoms with Gasteiger partial charge in [0.15, 0.2) is 0 Å². The second kappa shape index (κ2) is 4.21. The molecule has 0 spiro atoms. The Morgan fingerprint density at radius 1 is 1.18 bits per heavy atom. The van der Waals surface area contributed by atoms with Crippen molar-refractivity contribution in [1.82, 2.24) is 4.98 Å². The van der Waals surface area contributed by atoms with Crippen molar-refractivity contribution in [3.63, 3.8) is 0 Å². The molecule has 17 heavy (non-hydrogen) atoms. The van der Waals surface area contributed by atoms with Gasteiger partial charge in [-0.2, -0.15) is 26.3 Å². The molecule has 0 aliphatic heterocycles. The summed E-state index contributed by atoms with van der Waals surface area (Å²) in [6.07, 6.45) is -10.6. The predicted molar refractivity (Wildman–Crippen MR) is 44.0 cm³/mol. The number of rotatable bonds is 2. The van der Waals surface area contributed by atoms with Crippen LogP contribution in [0.25, 0.3) is 0 Å². The lowest BCUT2D eigenvalue weighted by atomic mass is 10.1. The van der Waals surface area contributed by atoms with Crippen LogP contribution in [0.3, 0.4) is 0 Å². The van der Waals surface area contributed by atoms with E-state index in [1.165, 1.54) is 6.92 Å². The van der Waals surface area contributed by atoms with Crippen molar-refractivity contribution in [1.29, 1.82) is 0 Å². The first kappa shape index (κ1) is 13.8. The van der Waals surface area contributed by atoms with Gasteiger partial charge in [0, 0.05) is 0 Å². The molecule has 3 nitrogen and oxygen atoms in total. The topological polar surface area (TPSA) is 52.0 Å². The second-order valence-corrected chi connectivity index (χ2v) is 3.41. The van der Waals surface area contributed by atoms with Crippen LogP contribution in [-0.4, -0.2) is 17.3 Å². The van der Waals surface area contributed by atoms with Crippen molar-refractivity contribution in [3.8, 4) is 0 Å². The highest BCUT2D eigenvalue weighted by Crippen LogP contribution is 2.46. The number of hydrogen-bond acceptors (Lipinski definition) is 3. The first-order valence-corrected chi connectivity index (χ1v) is 4.38. The molecule has 98 valence electrons. The number of nitrogens with zero attached hydrogens (tertiary/aromatic N) is 1. The molecular weight excluding hydrogens is 254 g/mol. The molecule has 1 unspecified atom stereocenters. The summed E-state index contributed by atoms with van der Waals surface area (Å²) < 4.78 is 78.0. The molecule has 0 fully saturated rings. The third kappa shape index (κ3) is 3.11. The van der Waals surface area contributed by atoms with Gasteiger partial charge in [-0.05, 0) is 6.92 Å². The van der Waals surface area contributed by atoms with Crippen LogP contribution in [0.5, 0.6) is 0 Å². The number of alkyl halides is 6. The Hall–Kier alpha value is -1.25. The average molecular weight is 262 g/mol. The lowest BCUT2D eigenvalue weighted by molar-refractivity contribution is -0.257. The van der Waals surface area contributed by atoms with E-state index in [9.17, 15) is 26.3 Å². The SMILES string of the molecule is CC(N)c1ncc(C(C(F)(F)F)C(F)(F)F)o1. The zero-order chi connectivity index (χ0) is 13.4. The van der Waals surface area contributed by atoms with Crippen LogP contribution < -0.4 is 5.73 Å². The van der Waals surface area contributed by atoms with Gasteiger partial charge < -0.3 is 10.2 Å². The predicted octanol–water partition coefficient (Wildman–Crippen LogP) is 2.90. The Labute approximate surface area is 91.6 Å². The van der Waals surface area contributed by atoms with E-state index in [-0.39, 0.29) is 5.89 Å². The van der Waals surface area contributed by atoms with Crippen molar-refractivity contribution in [2.24, 2.45) is 5.73 Å². The summed E-state index contributed by atoms with van der Waals surface area (Å²) in [5.41, 5.74) is 5.23. The van der Waals surface area contributed by atoms with E-state index in [4.69, 9.17) is 5.73 Å². The minimum Gasteiger partial charge on any atom is -0.443 e. The molecule has 0 bridgehead atoms. The van der Waals surface area contributed by atoms with Crippen molar-refractivity contribution < 1.29 is 30.8 Å². The lowest BCUT2D eigenvalue weighted by Crippen LogP contribution is -2.33. The van der Waals surface area contributed by atoms with Crippen molar-refractivity contribution in [2.75, 3.05) is 0 Å². The molecule has 1 heterocycles. The van der Waals surface area contributed by atoms with E-state index in [0.29, 0.717) is 6.20 Å². The minimum absolute atomic E-state index is 0.376. The molecule has 9 heteroatoms. The van der Waals surface area contributed by atoms with Gasteiger partial charge in [-0.15, -0.1) is 0 Å². The van der Waals surface area contributed by atoms with Gasteiger partial charge in [0.1, 0.15) is 5.76 Å². The molecule has 0 aliphatic rings. The number of hydrogen-bond donors (Lipinski definition) is 1. The molecule has 0 aromatic carbocycles. The Balaban J connectivity index is 3.15. The Morgan fingerprint density at radius 2 is 1.65 bits per heavy atom. The first-order chi connectivity index (χ1) is 7.53. The van der Waals surface area contributed by atoms with Gasteiger partial charge in [0.25, 0.3) is 0 Å². The van der Waals surface area contributed by atoms with Gasteiger partial charge in [-0.3, -0.25) is 0 Å². The molecule has 0 saturated carbocycles. The van der Waals surface area contributed by atoms with E-state index in [0.717, 1.165) is 0 Å². The van der Waals surface area contributed by atoms with Crippen LogP contribution in [0, 0.1) is 0 Å². The maximum absolute atomic E-state index is 12.3. The zero-order valence-electron chi connectivity index (χ0n) is 8.43. The van der Waals surface area contributed by atoms with Gasteiger partial charge in [0.05, 0.1) is 12.2 Å². The fourth-order valence-electron chi connectivity index (χ4n) is 1.15. The minimum atomic E-state index is -5.49. The number of nitrogens with two attached hydrogens (primary N) is 1. The third-order valence-electron chi connectivity index (χ3n) is 1.87. The smallest absolute Gasteiger partial charge is 0.407 e. The second-order valence-electron chi connectivity index (χ2n) is 3.41. The molecule has 1 rings (SSSR count). The van der Waals surface area contributed by atoms with Crippen molar-refractivity contribution in [3.05, 3.63) is 17.8 Å². The van der Waals surface area contributed by atoms with E-state index < -0.39 is 30.1 Å². The monoisotopic (exact) mass is 262 g/mol. The largest absolute Gasteiger partial charge is 0.443 e. The molecule has 2 N–H and O–H groups in total. The average Bonchev–Trinajstić information content (AvgIpc) is 2.46. The molecule has 1 aromatic heterocycles. The van der Waals surface area contributed by atoms with Gasteiger partial charge in [-0.1, -0.05) is 0 Å². The van der Waals surface area contributed by atoms with Gasteiger partial charge in [0.2, 0.25) is 11.8 Å². The summed E-state index contributed by atoms with van der Waals surface area (Å²) in [7, 11) is 0. The molecule has 0 saturated heterocycles. The highest BCUT2D eigenvalue weighted by molar-refractivity contribution is 5.09. The fourth-order valence-corrected chi connectivity index (χ4v) is 1.15. The van der Waals surface area contributed by atoms with Crippen LogP contribution in [0.2, 0.25) is 0 Å². The molecule has 1 aromatic rings. The van der Waals surface area contributed by atoms with Crippen LogP contribution >= 0.6 is 0 Å². The molecule has 0 aliphatic carbocycles. The third-order valence-corrected chi connectivity index (χ3v) is 1.87. The summed E-state index contributed by atoms with van der Waals surface area (Å²) in [5.74, 6) is -5.37. The van der Waals surface area contributed by atoms with E-state index in [2.05, 4.69) is 9.40 Å². The molecular formula is C8H8F6N2O. The summed E-state index contributed by atoms with van der Waals surface area (Å²) in [4.78, 5) is 3.27. The zero-order valence-corrected chi connectivity index (χ0v) is 8.43. The summed E-state index contributed by atoms with van der Waals surface area (Å²) in [6, 6.07) is -0.883. The fraction of sp³-hybridized carbons (Fsp3) is 0.625. The number of aromatic nitrogens is 1. The molecule has 0 radical (unpaired) electrons. The highest BCUT2D eigenvalue weighted by Gasteiger charge is 2.59. The summed E-state index contributed by atoms with van der Waals surface area (Å²) in [6.45, 7) is 1.33. The lowest BCUT2D eigenvalue weighted by Gasteiger charge is -2.20. The van der Waals surface area contributed by atoms with Crippen molar-refractivity contribution in [2.45, 2.75) is 31.2 Å². The maximum atomic E-state index is 12.3. The molecule has 1 atom stereocenters. The van der Waals surface area contributed by atoms with Gasteiger partial charge in [-0.25, -0.2) is 4.98 Å². The standard InChI is InChI=1S/C8H8F6N2O/c1-3(15)6-16-2-4(17-6)5(7(9,10)11)8(12,13)14/h2-3,5H,15H2,1H3. The number of oxazole rings is 1. The van der Waals surface area contributed by atoms with E-state index >= 15 is 0 Å². The Bertz CT molecular complexity index is 366. The number of halogens is 6. The van der Waals surface area contributed by atoms with Crippen molar-refractivity contribution >= 4 is 0 Å². The summed E-state index contributed by atoms with van der Waals surface area (Å²) >= 11 is 0. The maximum Gasteiger partial charge on any atom is 0.407 e. The summed E-state index contributed by atoms with van der Waals surface area (Å²) in [5, 5.41) is 0. The van der Waals surface area contributed by atoms with Crippen LogP contribution in [0.15, 0.2) is 10.6 Å². The van der Waals surface area contributed by atoms with Gasteiger partial charge >= 0.3 is 12.4 Å². The highest BCUT2D eigenvalue weighted by atomic mass is 19.4. The Morgan fingerprint density at radius 3 is 1.94 bits per heavy atom.